The Morgan fingerprint density at radius 3 is 3.33 bits per heavy atom. The van der Waals surface area contributed by atoms with Crippen molar-refractivity contribution < 1.29 is 0 Å². The van der Waals surface area contributed by atoms with Gasteiger partial charge in [-0.25, -0.2) is 4.98 Å². The zero-order valence-electron chi connectivity index (χ0n) is 10.1. The van der Waals surface area contributed by atoms with Gasteiger partial charge in [0.2, 0.25) is 0 Å². The fourth-order valence-corrected chi connectivity index (χ4v) is 4.65. The van der Waals surface area contributed by atoms with Gasteiger partial charge in [-0.05, 0) is 53.5 Å². The predicted molar refractivity (Wildman–Crippen MR) is 83.0 cm³/mol. The van der Waals surface area contributed by atoms with Crippen molar-refractivity contribution in [3.05, 3.63) is 37.6 Å². The predicted octanol–water partition coefficient (Wildman–Crippen LogP) is 3.29. The molecule has 0 amide bonds. The molecule has 2 aromatic rings. The lowest BCUT2D eigenvalue weighted by molar-refractivity contribution is 0.465. The van der Waals surface area contributed by atoms with Gasteiger partial charge >= 0.3 is 0 Å². The van der Waals surface area contributed by atoms with Crippen LogP contribution in [0.4, 0.5) is 0 Å². The number of hydrogen-bond donors (Lipinski definition) is 2. The molecule has 96 valence electrons. The minimum atomic E-state index is 0.545. The number of H-pyrrole nitrogens is 1. The zero-order valence-corrected chi connectivity index (χ0v) is 13.1. The third-order valence-corrected chi connectivity index (χ3v) is 5.36. The Bertz CT molecular complexity index is 506. The molecule has 2 N–H and O–H groups in total. The van der Waals surface area contributed by atoms with Crippen LogP contribution >= 0.6 is 33.9 Å². The van der Waals surface area contributed by atoms with Crippen molar-refractivity contribution in [3.8, 4) is 0 Å². The molecule has 5 heteroatoms. The van der Waals surface area contributed by atoms with E-state index in [0.717, 1.165) is 18.8 Å². The van der Waals surface area contributed by atoms with E-state index in [1.807, 2.05) is 23.7 Å². The molecular weight excluding hydrogens is 357 g/mol. The molecule has 1 aliphatic carbocycles. The lowest BCUT2D eigenvalue weighted by atomic mass is 9.94. The summed E-state index contributed by atoms with van der Waals surface area (Å²) in [5, 5.41) is 3.67. The Kier molecular flexibility index (Phi) is 4.00. The highest BCUT2D eigenvalue weighted by Gasteiger charge is 2.21. The minimum Gasteiger partial charge on any atom is -0.349 e. The van der Waals surface area contributed by atoms with Crippen molar-refractivity contribution in [1.82, 2.24) is 15.3 Å². The summed E-state index contributed by atoms with van der Waals surface area (Å²) in [6, 6.07) is 2.90. The van der Waals surface area contributed by atoms with Crippen LogP contribution in [0.5, 0.6) is 0 Å². The summed E-state index contributed by atoms with van der Waals surface area (Å²) < 4.78 is 1.41. The average molecular weight is 373 g/mol. The van der Waals surface area contributed by atoms with Crippen LogP contribution in [-0.2, 0) is 12.8 Å². The average Bonchev–Trinajstić information content (AvgIpc) is 2.97. The molecule has 1 aliphatic rings. The Labute approximate surface area is 125 Å². The van der Waals surface area contributed by atoms with E-state index in [4.69, 9.17) is 0 Å². The van der Waals surface area contributed by atoms with E-state index in [9.17, 15) is 0 Å². The number of imidazole rings is 1. The lowest BCUT2D eigenvalue weighted by Gasteiger charge is -2.23. The van der Waals surface area contributed by atoms with Gasteiger partial charge in [0.1, 0.15) is 5.82 Å². The Balaban J connectivity index is 1.60. The summed E-state index contributed by atoms with van der Waals surface area (Å²) in [4.78, 5) is 8.98. The quantitative estimate of drug-likeness (QED) is 0.808. The molecule has 0 saturated carbocycles. The second kappa shape index (κ2) is 5.71. The largest absolute Gasteiger partial charge is 0.349 e. The second-order valence-electron chi connectivity index (χ2n) is 4.61. The molecular formula is C13H16IN3S. The maximum atomic E-state index is 4.25. The molecule has 0 spiro atoms. The molecule has 1 atom stereocenters. The topological polar surface area (TPSA) is 40.7 Å². The van der Waals surface area contributed by atoms with Gasteiger partial charge in [-0.3, -0.25) is 0 Å². The molecule has 1 unspecified atom stereocenters. The van der Waals surface area contributed by atoms with Crippen LogP contribution in [0.25, 0.3) is 0 Å². The van der Waals surface area contributed by atoms with E-state index < -0.39 is 0 Å². The Morgan fingerprint density at radius 2 is 2.50 bits per heavy atom. The fourth-order valence-electron chi connectivity index (χ4n) is 2.53. The summed E-state index contributed by atoms with van der Waals surface area (Å²) in [7, 11) is 0. The molecule has 3 rings (SSSR count). The minimum absolute atomic E-state index is 0.545. The monoisotopic (exact) mass is 373 g/mol. The first kappa shape index (κ1) is 12.6. The molecule has 2 aromatic heterocycles. The van der Waals surface area contributed by atoms with E-state index in [1.54, 1.807) is 4.88 Å². The molecule has 0 fully saturated rings. The van der Waals surface area contributed by atoms with E-state index >= 15 is 0 Å². The SMILES string of the molecule is Ic1cc2c(s1)CCCC2NCCc1ncc[nH]1. The van der Waals surface area contributed by atoms with E-state index in [-0.39, 0.29) is 0 Å². The molecule has 18 heavy (non-hydrogen) atoms. The van der Waals surface area contributed by atoms with Crippen molar-refractivity contribution in [3.63, 3.8) is 0 Å². The number of rotatable bonds is 4. The fraction of sp³-hybridized carbons (Fsp3) is 0.462. The molecule has 0 bridgehead atoms. The maximum Gasteiger partial charge on any atom is 0.107 e. The normalized spacial score (nSPS) is 18.8. The summed E-state index contributed by atoms with van der Waals surface area (Å²) >= 11 is 4.39. The van der Waals surface area contributed by atoms with Crippen LogP contribution in [0, 0.1) is 2.88 Å². The zero-order chi connectivity index (χ0) is 12.4. The first-order valence-electron chi connectivity index (χ1n) is 6.32. The summed E-state index contributed by atoms with van der Waals surface area (Å²) in [5.74, 6) is 1.07. The Morgan fingerprint density at radius 1 is 1.56 bits per heavy atom. The van der Waals surface area contributed by atoms with Crippen LogP contribution in [0.3, 0.4) is 0 Å². The number of aryl methyl sites for hydroxylation is 1. The third kappa shape index (κ3) is 2.78. The number of aromatic nitrogens is 2. The van der Waals surface area contributed by atoms with Crippen molar-refractivity contribution in [2.24, 2.45) is 0 Å². The highest BCUT2D eigenvalue weighted by molar-refractivity contribution is 14.1. The highest BCUT2D eigenvalue weighted by Crippen LogP contribution is 2.36. The van der Waals surface area contributed by atoms with E-state index in [1.165, 1.54) is 27.7 Å². The molecule has 0 radical (unpaired) electrons. The summed E-state index contributed by atoms with van der Waals surface area (Å²) in [5.41, 5.74) is 1.54. The highest BCUT2D eigenvalue weighted by atomic mass is 127. The first-order chi connectivity index (χ1) is 8.83. The number of halogens is 1. The number of aromatic amines is 1. The van der Waals surface area contributed by atoms with Gasteiger partial charge in [-0.2, -0.15) is 0 Å². The lowest BCUT2D eigenvalue weighted by Crippen LogP contribution is -2.26. The second-order valence-corrected chi connectivity index (χ2v) is 7.64. The van der Waals surface area contributed by atoms with Crippen LogP contribution in [-0.4, -0.2) is 16.5 Å². The van der Waals surface area contributed by atoms with Gasteiger partial charge < -0.3 is 10.3 Å². The number of nitrogens with one attached hydrogen (secondary N) is 2. The van der Waals surface area contributed by atoms with Crippen LogP contribution < -0.4 is 5.32 Å². The van der Waals surface area contributed by atoms with Crippen molar-refractivity contribution in [2.75, 3.05) is 6.54 Å². The molecule has 0 aliphatic heterocycles. The van der Waals surface area contributed by atoms with Gasteiger partial charge in [0.15, 0.2) is 0 Å². The van der Waals surface area contributed by atoms with Gasteiger partial charge in [0.25, 0.3) is 0 Å². The van der Waals surface area contributed by atoms with Crippen molar-refractivity contribution >= 4 is 33.9 Å². The maximum absolute atomic E-state index is 4.25. The van der Waals surface area contributed by atoms with Gasteiger partial charge in [0, 0.05) is 36.3 Å². The van der Waals surface area contributed by atoms with E-state index in [0.29, 0.717) is 6.04 Å². The third-order valence-electron chi connectivity index (χ3n) is 3.39. The van der Waals surface area contributed by atoms with Crippen LogP contribution in [0.1, 0.15) is 35.1 Å². The molecule has 0 aromatic carbocycles. The van der Waals surface area contributed by atoms with Crippen LogP contribution in [0.15, 0.2) is 18.5 Å². The number of thiophene rings is 1. The Hall–Kier alpha value is -0.400. The molecule has 0 saturated heterocycles. The smallest absolute Gasteiger partial charge is 0.107 e. The molecule has 2 heterocycles. The standard InChI is InChI=1S/C13H16IN3S/c14-12-8-9-10(2-1-3-11(9)18-12)15-5-4-13-16-6-7-17-13/h6-8,10,15H,1-5H2,(H,16,17). The van der Waals surface area contributed by atoms with Crippen LogP contribution in [0.2, 0.25) is 0 Å². The van der Waals surface area contributed by atoms with Gasteiger partial charge in [0.05, 0.1) is 2.88 Å². The van der Waals surface area contributed by atoms with Crippen molar-refractivity contribution in [1.29, 1.82) is 0 Å². The van der Waals surface area contributed by atoms with Gasteiger partial charge in [-0.15, -0.1) is 11.3 Å². The van der Waals surface area contributed by atoms with Crippen molar-refractivity contribution in [2.45, 2.75) is 31.7 Å². The van der Waals surface area contributed by atoms with Gasteiger partial charge in [-0.1, -0.05) is 0 Å². The molecule has 3 nitrogen and oxygen atoms in total. The van der Waals surface area contributed by atoms with E-state index in [2.05, 4.69) is 43.9 Å². The number of hydrogen-bond acceptors (Lipinski definition) is 3. The number of fused-ring (bicyclic) bond motifs is 1. The summed E-state index contributed by atoms with van der Waals surface area (Å²) in [6.07, 6.45) is 8.50. The summed E-state index contributed by atoms with van der Waals surface area (Å²) in [6.45, 7) is 0.990. The first-order valence-corrected chi connectivity index (χ1v) is 8.22. The number of nitrogens with zero attached hydrogens (tertiary/aromatic N) is 1.